The molecule has 3 aromatic rings. The van der Waals surface area contributed by atoms with E-state index >= 15 is 0 Å². The van der Waals surface area contributed by atoms with E-state index in [2.05, 4.69) is 9.72 Å². The second-order valence-electron chi connectivity index (χ2n) is 8.50. The molecule has 32 heavy (non-hydrogen) atoms. The summed E-state index contributed by atoms with van der Waals surface area (Å²) in [6, 6.07) is 6.90. The van der Waals surface area contributed by atoms with Crippen molar-refractivity contribution < 1.29 is 32.5 Å². The molecule has 9 heteroatoms. The molecule has 0 unspecified atom stereocenters. The predicted octanol–water partition coefficient (Wildman–Crippen LogP) is 4.68. The molecular weight excluding hydrogens is 422 g/mol. The van der Waals surface area contributed by atoms with E-state index in [1.54, 1.807) is 33.0 Å². The summed E-state index contributed by atoms with van der Waals surface area (Å²) in [5.41, 5.74) is 1.93. The molecule has 1 aliphatic rings. The van der Waals surface area contributed by atoms with Crippen LogP contribution in [0.2, 0.25) is 0 Å². The summed E-state index contributed by atoms with van der Waals surface area (Å²) >= 11 is 0. The molecule has 0 saturated carbocycles. The van der Waals surface area contributed by atoms with E-state index in [9.17, 15) is 13.6 Å². The molecule has 0 radical (unpaired) electrons. The van der Waals surface area contributed by atoms with Crippen LogP contribution in [0.4, 0.5) is 8.78 Å². The van der Waals surface area contributed by atoms with Gasteiger partial charge in [0.05, 0.1) is 32.2 Å². The summed E-state index contributed by atoms with van der Waals surface area (Å²) in [6.45, 7) is 3.28. The molecule has 3 heterocycles. The number of carbonyl (C=O) groups excluding carboxylic acids is 1. The number of pyridine rings is 1. The number of benzene rings is 1. The number of halogens is 2. The van der Waals surface area contributed by atoms with E-state index in [0.29, 0.717) is 36.0 Å². The van der Waals surface area contributed by atoms with Gasteiger partial charge in [-0.1, -0.05) is 0 Å². The van der Waals surface area contributed by atoms with Crippen molar-refractivity contribution in [3.8, 4) is 22.8 Å². The van der Waals surface area contributed by atoms with E-state index < -0.39 is 18.2 Å². The van der Waals surface area contributed by atoms with Gasteiger partial charge < -0.3 is 18.9 Å². The first kappa shape index (κ1) is 22.0. The Morgan fingerprint density at radius 3 is 2.53 bits per heavy atom. The zero-order valence-corrected chi connectivity index (χ0v) is 18.2. The number of nitrogens with zero attached hydrogens (tertiary/aromatic N) is 2. The minimum atomic E-state index is -3.13. The van der Waals surface area contributed by atoms with Gasteiger partial charge in [0, 0.05) is 17.7 Å². The first-order chi connectivity index (χ1) is 15.2. The average Bonchev–Trinajstić information content (AvgIpc) is 3.07. The molecule has 0 bridgehead atoms. The lowest BCUT2D eigenvalue weighted by Gasteiger charge is -2.26. The third kappa shape index (κ3) is 4.38. The van der Waals surface area contributed by atoms with Crippen molar-refractivity contribution in [2.24, 2.45) is 0 Å². The van der Waals surface area contributed by atoms with Crippen LogP contribution in [0.15, 0.2) is 36.7 Å². The molecule has 0 atom stereocenters. The van der Waals surface area contributed by atoms with Crippen LogP contribution in [0.1, 0.15) is 42.6 Å². The first-order valence-corrected chi connectivity index (χ1v) is 10.1. The van der Waals surface area contributed by atoms with Crippen molar-refractivity contribution in [3.05, 3.63) is 47.8 Å². The highest BCUT2D eigenvalue weighted by Crippen LogP contribution is 2.37. The molecule has 0 amide bonds. The molecule has 170 valence electrons. The summed E-state index contributed by atoms with van der Waals surface area (Å²) < 4.78 is 48.9. The largest absolute Gasteiger partial charge is 0.496 e. The predicted molar refractivity (Wildman–Crippen MR) is 113 cm³/mol. The Hall–Kier alpha value is -3.20. The average molecular weight is 446 g/mol. The Morgan fingerprint density at radius 1 is 1.22 bits per heavy atom. The fraction of sp³-hybridized carbons (Fsp3) is 0.391. The maximum absolute atomic E-state index is 13.2. The summed E-state index contributed by atoms with van der Waals surface area (Å²) in [5.74, 6) is -0.742. The number of alkyl halides is 2. The zero-order chi connectivity index (χ0) is 23.0. The molecule has 4 rings (SSSR count). The number of carbonyl (C=O) groups is 1. The Bertz CT molecular complexity index is 1150. The van der Waals surface area contributed by atoms with E-state index in [4.69, 9.17) is 14.2 Å². The smallest absolute Gasteiger partial charge is 0.387 e. The van der Waals surface area contributed by atoms with Crippen molar-refractivity contribution in [1.29, 1.82) is 0 Å². The fourth-order valence-electron chi connectivity index (χ4n) is 3.51. The second kappa shape index (κ2) is 8.38. The Kier molecular flexibility index (Phi) is 5.77. The molecule has 0 spiro atoms. The number of hydrogen-bond acceptors (Lipinski definition) is 6. The number of imidazole rings is 1. The monoisotopic (exact) mass is 446 g/mol. The lowest BCUT2D eigenvalue weighted by atomic mass is 9.99. The van der Waals surface area contributed by atoms with Crippen molar-refractivity contribution in [2.45, 2.75) is 38.9 Å². The number of fused-ring (bicyclic) bond motifs is 1. The van der Waals surface area contributed by atoms with Gasteiger partial charge in [-0.3, -0.25) is 4.40 Å². The van der Waals surface area contributed by atoms with Gasteiger partial charge in [0.2, 0.25) is 0 Å². The van der Waals surface area contributed by atoms with Crippen molar-refractivity contribution in [1.82, 2.24) is 9.38 Å². The standard InChI is InChI=1S/C23H24F2N2O5/c1-23(2,3)32-21(28)20-17(29-4)7-14(8-18(20)31-22(24)25)16-10-26-19-9-13(5-6-27(16)19)15-11-30-12-15/h5-10,15,22H,11-12H2,1-4H3. The Balaban J connectivity index is 1.80. The van der Waals surface area contributed by atoms with Gasteiger partial charge in [-0.25, -0.2) is 9.78 Å². The highest BCUT2D eigenvalue weighted by Gasteiger charge is 2.28. The molecule has 7 nitrogen and oxygen atoms in total. The van der Waals surface area contributed by atoms with Crippen LogP contribution in [0, 0.1) is 0 Å². The number of rotatable bonds is 6. The van der Waals surface area contributed by atoms with Gasteiger partial charge in [0.15, 0.2) is 0 Å². The fourth-order valence-corrected chi connectivity index (χ4v) is 3.51. The lowest BCUT2D eigenvalue weighted by Crippen LogP contribution is -2.25. The number of hydrogen-bond donors (Lipinski definition) is 0. The molecule has 1 fully saturated rings. The molecule has 0 N–H and O–H groups in total. The highest BCUT2D eigenvalue weighted by atomic mass is 19.3. The van der Waals surface area contributed by atoms with Gasteiger partial charge in [-0.2, -0.15) is 8.78 Å². The maximum Gasteiger partial charge on any atom is 0.387 e. The minimum Gasteiger partial charge on any atom is -0.496 e. The molecule has 1 aromatic carbocycles. The van der Waals surface area contributed by atoms with E-state index in [0.717, 1.165) is 5.56 Å². The number of aromatic nitrogens is 2. The van der Waals surface area contributed by atoms with Gasteiger partial charge >= 0.3 is 12.6 Å². The van der Waals surface area contributed by atoms with Crippen LogP contribution >= 0.6 is 0 Å². The third-order valence-electron chi connectivity index (χ3n) is 5.05. The van der Waals surface area contributed by atoms with Crippen LogP contribution in [-0.2, 0) is 9.47 Å². The minimum absolute atomic E-state index is 0.0607. The highest BCUT2D eigenvalue weighted by molar-refractivity contribution is 5.97. The topological polar surface area (TPSA) is 71.3 Å². The van der Waals surface area contributed by atoms with Crippen LogP contribution < -0.4 is 9.47 Å². The van der Waals surface area contributed by atoms with Crippen LogP contribution in [0.3, 0.4) is 0 Å². The Labute approximate surface area is 183 Å². The van der Waals surface area contributed by atoms with Gasteiger partial charge in [-0.05, 0) is 50.6 Å². The van der Waals surface area contributed by atoms with Crippen molar-refractivity contribution in [3.63, 3.8) is 0 Å². The number of methoxy groups -OCH3 is 1. The maximum atomic E-state index is 13.2. The number of esters is 1. The number of ether oxygens (including phenoxy) is 4. The van der Waals surface area contributed by atoms with E-state index in [1.165, 1.54) is 13.2 Å². The SMILES string of the molecule is COc1cc(-c2cnc3cc(C4COC4)ccn23)cc(OC(F)F)c1C(=O)OC(C)(C)C. The summed E-state index contributed by atoms with van der Waals surface area (Å²) in [7, 11) is 1.35. The van der Waals surface area contributed by atoms with Gasteiger partial charge in [0.1, 0.15) is 28.3 Å². The molecule has 0 aliphatic carbocycles. The summed E-state index contributed by atoms with van der Waals surface area (Å²) in [5, 5.41) is 0. The first-order valence-electron chi connectivity index (χ1n) is 10.1. The van der Waals surface area contributed by atoms with Crippen LogP contribution in [0.5, 0.6) is 11.5 Å². The van der Waals surface area contributed by atoms with E-state index in [1.807, 2.05) is 22.7 Å². The molecule has 1 aliphatic heterocycles. The van der Waals surface area contributed by atoms with Crippen molar-refractivity contribution in [2.75, 3.05) is 20.3 Å². The molecule has 1 saturated heterocycles. The third-order valence-corrected chi connectivity index (χ3v) is 5.05. The zero-order valence-electron chi connectivity index (χ0n) is 18.2. The second-order valence-corrected chi connectivity index (χ2v) is 8.50. The quantitative estimate of drug-likeness (QED) is 0.512. The molecule has 2 aromatic heterocycles. The lowest BCUT2D eigenvalue weighted by molar-refractivity contribution is -0.0509. The van der Waals surface area contributed by atoms with Gasteiger partial charge in [0.25, 0.3) is 0 Å². The van der Waals surface area contributed by atoms with Crippen LogP contribution in [-0.4, -0.2) is 47.9 Å². The summed E-state index contributed by atoms with van der Waals surface area (Å²) in [6.07, 6.45) is 3.50. The van der Waals surface area contributed by atoms with E-state index in [-0.39, 0.29) is 17.1 Å². The Morgan fingerprint density at radius 2 is 1.94 bits per heavy atom. The van der Waals surface area contributed by atoms with Crippen molar-refractivity contribution >= 4 is 11.6 Å². The summed E-state index contributed by atoms with van der Waals surface area (Å²) in [4.78, 5) is 17.2. The normalized spacial score (nSPS) is 14.5. The van der Waals surface area contributed by atoms with Crippen LogP contribution in [0.25, 0.3) is 16.9 Å². The van der Waals surface area contributed by atoms with Gasteiger partial charge in [-0.15, -0.1) is 0 Å². The molecular formula is C23H24F2N2O5.